The van der Waals surface area contributed by atoms with Crippen molar-refractivity contribution >= 4 is 29.2 Å². The van der Waals surface area contributed by atoms with Crippen molar-refractivity contribution in [1.82, 2.24) is 0 Å². The number of anilines is 1. The van der Waals surface area contributed by atoms with Gasteiger partial charge in [-0.1, -0.05) is 41.9 Å². The van der Waals surface area contributed by atoms with Gasteiger partial charge in [-0.15, -0.1) is 0 Å². The van der Waals surface area contributed by atoms with Gasteiger partial charge >= 0.3 is 12.6 Å². The molecule has 0 radical (unpaired) electrons. The van der Waals surface area contributed by atoms with E-state index in [-0.39, 0.29) is 17.9 Å². The van der Waals surface area contributed by atoms with E-state index in [4.69, 9.17) is 16.3 Å². The van der Waals surface area contributed by atoms with Crippen molar-refractivity contribution < 1.29 is 27.8 Å². The summed E-state index contributed by atoms with van der Waals surface area (Å²) in [6.45, 7) is -3.58. The van der Waals surface area contributed by atoms with Crippen molar-refractivity contribution in [2.75, 3.05) is 11.9 Å². The van der Waals surface area contributed by atoms with Crippen LogP contribution in [0.25, 0.3) is 0 Å². The summed E-state index contributed by atoms with van der Waals surface area (Å²) < 4.78 is 33.8. The van der Waals surface area contributed by atoms with Crippen LogP contribution < -0.4 is 10.1 Å². The van der Waals surface area contributed by atoms with Gasteiger partial charge in [-0.05, 0) is 23.8 Å². The minimum Gasteiger partial charge on any atom is -0.455 e. The van der Waals surface area contributed by atoms with Gasteiger partial charge in [0.15, 0.2) is 6.61 Å². The lowest BCUT2D eigenvalue weighted by Crippen LogP contribution is -2.22. The van der Waals surface area contributed by atoms with Crippen LogP contribution in [0.5, 0.6) is 5.75 Å². The first-order valence-electron chi connectivity index (χ1n) is 7.18. The summed E-state index contributed by atoms with van der Waals surface area (Å²) in [5.41, 5.74) is 0.625. The van der Waals surface area contributed by atoms with Crippen LogP contribution in [0, 0.1) is 0 Å². The molecule has 0 saturated carbocycles. The van der Waals surface area contributed by atoms with Crippen LogP contribution in [-0.2, 0) is 20.7 Å². The predicted molar refractivity (Wildman–Crippen MR) is 87.8 cm³/mol. The average Bonchev–Trinajstić information content (AvgIpc) is 2.56. The number of alkyl halides is 2. The molecule has 0 aliphatic heterocycles. The number of carbonyl (C=O) groups is 2. The van der Waals surface area contributed by atoms with Crippen LogP contribution in [0.1, 0.15) is 5.56 Å². The molecule has 0 heterocycles. The molecular weight excluding hydrogens is 356 g/mol. The van der Waals surface area contributed by atoms with E-state index in [2.05, 4.69) is 10.1 Å². The lowest BCUT2D eigenvalue weighted by Gasteiger charge is -2.12. The molecule has 0 aliphatic carbocycles. The van der Waals surface area contributed by atoms with Gasteiger partial charge in [-0.2, -0.15) is 8.78 Å². The highest BCUT2D eigenvalue weighted by Crippen LogP contribution is 2.25. The number of halogens is 3. The molecule has 0 fully saturated rings. The van der Waals surface area contributed by atoms with Crippen LogP contribution in [-0.4, -0.2) is 25.1 Å². The summed E-state index contributed by atoms with van der Waals surface area (Å²) >= 11 is 5.94. The zero-order chi connectivity index (χ0) is 18.2. The molecule has 1 N–H and O–H groups in total. The molecule has 25 heavy (non-hydrogen) atoms. The molecule has 8 heteroatoms. The topological polar surface area (TPSA) is 64.6 Å². The standard InChI is InChI=1S/C17H14ClF2NO4/c18-12-6-2-1-5-11(12)9-16(23)24-10-15(22)21-13-7-3-4-8-14(13)25-17(19)20/h1-8,17H,9-10H2,(H,21,22). The fourth-order valence-corrected chi connectivity index (χ4v) is 2.15. The molecule has 0 bridgehead atoms. The van der Waals surface area contributed by atoms with Crippen LogP contribution in [0.4, 0.5) is 14.5 Å². The molecular formula is C17H14ClF2NO4. The van der Waals surface area contributed by atoms with E-state index in [0.29, 0.717) is 10.6 Å². The molecule has 2 aromatic carbocycles. The third-order valence-corrected chi connectivity index (χ3v) is 3.40. The Morgan fingerprint density at radius 1 is 1.08 bits per heavy atom. The Labute approximate surface area is 147 Å². The summed E-state index contributed by atoms with van der Waals surface area (Å²) in [4.78, 5) is 23.6. The molecule has 5 nitrogen and oxygen atoms in total. The molecule has 0 aliphatic rings. The van der Waals surface area contributed by atoms with Crippen molar-refractivity contribution in [3.05, 3.63) is 59.1 Å². The van der Waals surface area contributed by atoms with Gasteiger partial charge in [0.25, 0.3) is 5.91 Å². The fourth-order valence-electron chi connectivity index (χ4n) is 1.95. The molecule has 2 rings (SSSR count). The second-order valence-corrected chi connectivity index (χ2v) is 5.26. The maximum absolute atomic E-state index is 12.3. The molecule has 1 amide bonds. The molecule has 2 aromatic rings. The first kappa shape index (κ1) is 18.7. The van der Waals surface area contributed by atoms with Crippen molar-refractivity contribution in [2.45, 2.75) is 13.0 Å². The van der Waals surface area contributed by atoms with Gasteiger partial charge in [0.2, 0.25) is 0 Å². The van der Waals surface area contributed by atoms with E-state index in [0.717, 1.165) is 0 Å². The van der Waals surface area contributed by atoms with Gasteiger partial charge in [0.1, 0.15) is 5.75 Å². The van der Waals surface area contributed by atoms with E-state index in [1.165, 1.54) is 24.3 Å². The van der Waals surface area contributed by atoms with Crippen LogP contribution >= 0.6 is 11.6 Å². The largest absolute Gasteiger partial charge is 0.455 e. The predicted octanol–water partition coefficient (Wildman–Crippen LogP) is 3.67. The number of amides is 1. The average molecular weight is 370 g/mol. The summed E-state index contributed by atoms with van der Waals surface area (Å²) in [6, 6.07) is 12.4. The number of hydrogen-bond acceptors (Lipinski definition) is 4. The number of carbonyl (C=O) groups excluding carboxylic acids is 2. The van der Waals surface area contributed by atoms with Gasteiger partial charge in [-0.25, -0.2) is 0 Å². The van der Waals surface area contributed by atoms with Gasteiger partial charge in [-0.3, -0.25) is 9.59 Å². The quantitative estimate of drug-likeness (QED) is 0.756. The summed E-state index contributed by atoms with van der Waals surface area (Å²) in [7, 11) is 0. The maximum Gasteiger partial charge on any atom is 0.387 e. The Balaban J connectivity index is 1.87. The van der Waals surface area contributed by atoms with Crippen molar-refractivity contribution in [3.63, 3.8) is 0 Å². The normalized spacial score (nSPS) is 10.4. The SMILES string of the molecule is O=C(COC(=O)Cc1ccccc1Cl)Nc1ccccc1OC(F)F. The molecule has 0 spiro atoms. The molecule has 0 aromatic heterocycles. The van der Waals surface area contributed by atoms with Gasteiger partial charge < -0.3 is 14.8 Å². The molecule has 0 saturated heterocycles. The van der Waals surface area contributed by atoms with E-state index >= 15 is 0 Å². The third-order valence-electron chi connectivity index (χ3n) is 3.03. The number of hydrogen-bond donors (Lipinski definition) is 1. The molecule has 0 atom stereocenters. The number of rotatable bonds is 7. The first-order valence-corrected chi connectivity index (χ1v) is 7.56. The Bertz CT molecular complexity index is 755. The highest BCUT2D eigenvalue weighted by Gasteiger charge is 2.14. The zero-order valence-electron chi connectivity index (χ0n) is 12.9. The number of para-hydroxylation sites is 2. The van der Waals surface area contributed by atoms with Crippen molar-refractivity contribution in [2.24, 2.45) is 0 Å². The molecule has 132 valence electrons. The van der Waals surface area contributed by atoms with Gasteiger partial charge in [0.05, 0.1) is 12.1 Å². The monoisotopic (exact) mass is 369 g/mol. The number of benzene rings is 2. The number of ether oxygens (including phenoxy) is 2. The third kappa shape index (κ3) is 6.04. The Kier molecular flexibility index (Phi) is 6.71. The second-order valence-electron chi connectivity index (χ2n) is 4.85. The van der Waals surface area contributed by atoms with Crippen LogP contribution in [0.2, 0.25) is 5.02 Å². The highest BCUT2D eigenvalue weighted by atomic mass is 35.5. The lowest BCUT2D eigenvalue weighted by atomic mass is 10.1. The lowest BCUT2D eigenvalue weighted by molar-refractivity contribution is -0.146. The Hall–Kier alpha value is -2.67. The van der Waals surface area contributed by atoms with E-state index in [1.807, 2.05) is 0 Å². The summed E-state index contributed by atoms with van der Waals surface area (Å²) in [5, 5.41) is 2.76. The Morgan fingerprint density at radius 2 is 1.76 bits per heavy atom. The number of esters is 1. The van der Waals surface area contributed by atoms with E-state index in [9.17, 15) is 18.4 Å². The van der Waals surface area contributed by atoms with Gasteiger partial charge in [0, 0.05) is 5.02 Å². The van der Waals surface area contributed by atoms with Crippen molar-refractivity contribution in [3.8, 4) is 5.75 Å². The minimum absolute atomic E-state index is 0.0509. The smallest absolute Gasteiger partial charge is 0.387 e. The van der Waals surface area contributed by atoms with Crippen LogP contribution in [0.3, 0.4) is 0 Å². The van der Waals surface area contributed by atoms with Crippen molar-refractivity contribution in [1.29, 1.82) is 0 Å². The van der Waals surface area contributed by atoms with E-state index < -0.39 is 25.1 Å². The highest BCUT2D eigenvalue weighted by molar-refractivity contribution is 6.31. The van der Waals surface area contributed by atoms with E-state index in [1.54, 1.807) is 24.3 Å². The zero-order valence-corrected chi connectivity index (χ0v) is 13.6. The first-order chi connectivity index (χ1) is 12.0. The maximum atomic E-state index is 12.3. The van der Waals surface area contributed by atoms with Crippen LogP contribution in [0.15, 0.2) is 48.5 Å². The Morgan fingerprint density at radius 3 is 2.48 bits per heavy atom. The minimum atomic E-state index is -3.02. The summed E-state index contributed by atoms with van der Waals surface area (Å²) in [6.07, 6.45) is -0.0853. The fraction of sp³-hybridized carbons (Fsp3) is 0.176. The number of nitrogens with one attached hydrogen (secondary N) is 1. The molecule has 0 unspecified atom stereocenters. The summed E-state index contributed by atoms with van der Waals surface area (Å²) in [5.74, 6) is -1.51. The second kappa shape index (κ2) is 8.98.